The van der Waals surface area contributed by atoms with Gasteiger partial charge < -0.3 is 19.8 Å². The molecule has 118 valence electrons. The van der Waals surface area contributed by atoms with E-state index in [1.807, 2.05) is 6.92 Å². The van der Waals surface area contributed by atoms with Crippen LogP contribution in [0.4, 0.5) is 19.2 Å². The van der Waals surface area contributed by atoms with Crippen molar-refractivity contribution in [3.63, 3.8) is 0 Å². The Labute approximate surface area is 123 Å². The zero-order valence-electron chi connectivity index (χ0n) is 11.6. The number of alkyl halides is 3. The lowest BCUT2D eigenvalue weighted by molar-refractivity contribution is -0.274. The van der Waals surface area contributed by atoms with Crippen molar-refractivity contribution in [2.24, 2.45) is 0 Å². The number of nitrogens with one attached hydrogen (secondary N) is 2. The summed E-state index contributed by atoms with van der Waals surface area (Å²) >= 11 is 0. The first-order valence-electron chi connectivity index (χ1n) is 6.52. The van der Waals surface area contributed by atoms with E-state index in [1.54, 1.807) is 0 Å². The maximum atomic E-state index is 12.1. The van der Waals surface area contributed by atoms with Gasteiger partial charge in [-0.1, -0.05) is 5.10 Å². The summed E-state index contributed by atoms with van der Waals surface area (Å²) in [6, 6.07) is 5.50. The van der Waals surface area contributed by atoms with Gasteiger partial charge in [-0.05, 0) is 31.2 Å². The maximum Gasteiger partial charge on any atom is 0.573 e. The molecule has 0 radical (unpaired) electrons. The molecule has 1 aromatic heterocycles. The molecule has 6 nitrogen and oxygen atoms in total. The first-order chi connectivity index (χ1) is 10.3. The summed E-state index contributed by atoms with van der Waals surface area (Å²) in [6.07, 6.45) is -4.71. The van der Waals surface area contributed by atoms with Crippen molar-refractivity contribution in [1.82, 2.24) is 15.5 Å². The van der Waals surface area contributed by atoms with Crippen molar-refractivity contribution < 1.29 is 22.3 Å². The number of halogens is 3. The zero-order chi connectivity index (χ0) is 15.8. The lowest BCUT2D eigenvalue weighted by atomic mass is 9.96. The minimum absolute atomic E-state index is 0.131. The molecule has 1 saturated heterocycles. The molecule has 2 N–H and O–H groups in total. The molecule has 1 fully saturated rings. The second-order valence-corrected chi connectivity index (χ2v) is 5.27. The molecule has 3 rings (SSSR count). The summed E-state index contributed by atoms with van der Waals surface area (Å²) in [4.78, 5) is 0. The molecular formula is C13H13F3N4O2. The molecule has 9 heteroatoms. The summed E-state index contributed by atoms with van der Waals surface area (Å²) in [5, 5.41) is 14.0. The van der Waals surface area contributed by atoms with E-state index >= 15 is 0 Å². The molecule has 1 aliphatic rings. The van der Waals surface area contributed by atoms with Gasteiger partial charge >= 0.3 is 12.4 Å². The topological polar surface area (TPSA) is 72.2 Å². The minimum atomic E-state index is -4.71. The summed E-state index contributed by atoms with van der Waals surface area (Å²) < 4.78 is 45.5. The van der Waals surface area contributed by atoms with Crippen molar-refractivity contribution in [2.45, 2.75) is 18.8 Å². The Balaban J connectivity index is 1.70. The Morgan fingerprint density at radius 2 is 1.91 bits per heavy atom. The van der Waals surface area contributed by atoms with Crippen LogP contribution in [0.3, 0.4) is 0 Å². The van der Waals surface area contributed by atoms with Crippen molar-refractivity contribution in [3.05, 3.63) is 24.3 Å². The van der Waals surface area contributed by atoms with Crippen LogP contribution in [-0.2, 0) is 0 Å². The number of rotatable bonds is 4. The molecule has 0 aliphatic carbocycles. The predicted molar refractivity (Wildman–Crippen MR) is 71.3 cm³/mol. The third-order valence-corrected chi connectivity index (χ3v) is 3.20. The molecule has 0 saturated carbocycles. The van der Waals surface area contributed by atoms with E-state index < -0.39 is 6.36 Å². The number of nitrogens with zero attached hydrogens (tertiary/aromatic N) is 2. The van der Waals surface area contributed by atoms with Crippen molar-refractivity contribution >= 4 is 6.01 Å². The number of benzene rings is 1. The largest absolute Gasteiger partial charge is 0.573 e. The van der Waals surface area contributed by atoms with Crippen LogP contribution in [0.5, 0.6) is 5.75 Å². The van der Waals surface area contributed by atoms with Crippen LogP contribution >= 0.6 is 0 Å². The van der Waals surface area contributed by atoms with E-state index in [0.29, 0.717) is 5.56 Å². The lowest BCUT2D eigenvalue weighted by Crippen LogP contribution is -2.62. The van der Waals surface area contributed by atoms with Crippen LogP contribution in [0.2, 0.25) is 0 Å². The third kappa shape index (κ3) is 3.30. The van der Waals surface area contributed by atoms with E-state index in [0.717, 1.165) is 13.1 Å². The van der Waals surface area contributed by atoms with E-state index in [4.69, 9.17) is 4.42 Å². The van der Waals surface area contributed by atoms with Crippen molar-refractivity contribution in [3.8, 4) is 17.2 Å². The van der Waals surface area contributed by atoms with Gasteiger partial charge in [0.15, 0.2) is 0 Å². The van der Waals surface area contributed by atoms with Crippen molar-refractivity contribution in [2.75, 3.05) is 18.4 Å². The fourth-order valence-corrected chi connectivity index (χ4v) is 2.04. The average molecular weight is 314 g/mol. The lowest BCUT2D eigenvalue weighted by Gasteiger charge is -2.39. The van der Waals surface area contributed by atoms with Gasteiger partial charge in [0.2, 0.25) is 5.89 Å². The highest BCUT2D eigenvalue weighted by atomic mass is 19.4. The van der Waals surface area contributed by atoms with E-state index in [9.17, 15) is 13.2 Å². The number of hydrogen-bond donors (Lipinski definition) is 2. The molecular weight excluding hydrogens is 301 g/mol. The van der Waals surface area contributed by atoms with E-state index in [2.05, 4.69) is 25.6 Å². The van der Waals surface area contributed by atoms with Gasteiger partial charge in [-0.15, -0.1) is 18.3 Å². The quantitative estimate of drug-likeness (QED) is 0.903. The van der Waals surface area contributed by atoms with Gasteiger partial charge in [-0.25, -0.2) is 0 Å². The van der Waals surface area contributed by atoms with Crippen LogP contribution in [-0.4, -0.2) is 35.2 Å². The molecule has 2 aromatic rings. The highest BCUT2D eigenvalue weighted by Gasteiger charge is 2.33. The average Bonchev–Trinajstić information content (AvgIpc) is 2.84. The fourth-order valence-electron chi connectivity index (χ4n) is 2.04. The number of aromatic nitrogens is 2. The predicted octanol–water partition coefficient (Wildman–Crippen LogP) is 2.41. The Bertz CT molecular complexity index is 650. The standard InChI is InChI=1S/C13H13F3N4O2/c1-12(6-17-7-12)18-11-20-19-10(21-11)8-2-4-9(5-3-8)22-13(14,15)16/h2-5,17H,6-7H2,1H3,(H,18,20). The van der Waals surface area contributed by atoms with Gasteiger partial charge in [0.1, 0.15) is 5.75 Å². The molecule has 22 heavy (non-hydrogen) atoms. The first-order valence-corrected chi connectivity index (χ1v) is 6.52. The second kappa shape index (κ2) is 5.16. The number of ether oxygens (including phenoxy) is 1. The van der Waals surface area contributed by atoms with Crippen LogP contribution in [0, 0.1) is 0 Å². The van der Waals surface area contributed by atoms with Gasteiger partial charge in [0.25, 0.3) is 0 Å². The van der Waals surface area contributed by atoms with Crippen LogP contribution in [0.15, 0.2) is 28.7 Å². The van der Waals surface area contributed by atoms with Gasteiger partial charge in [0.05, 0.1) is 5.54 Å². The van der Waals surface area contributed by atoms with Gasteiger partial charge in [-0.2, -0.15) is 0 Å². The van der Waals surface area contributed by atoms with Gasteiger partial charge in [0, 0.05) is 18.7 Å². The molecule has 0 atom stereocenters. The van der Waals surface area contributed by atoms with E-state index in [1.165, 1.54) is 24.3 Å². The Morgan fingerprint density at radius 1 is 1.23 bits per heavy atom. The highest BCUT2D eigenvalue weighted by molar-refractivity contribution is 5.55. The highest BCUT2D eigenvalue weighted by Crippen LogP contribution is 2.27. The molecule has 0 amide bonds. The summed E-state index contributed by atoms with van der Waals surface area (Å²) in [5.41, 5.74) is 0.376. The fraction of sp³-hybridized carbons (Fsp3) is 0.385. The van der Waals surface area contributed by atoms with Gasteiger partial charge in [-0.3, -0.25) is 0 Å². The summed E-state index contributed by atoms with van der Waals surface area (Å²) in [5.74, 6) is -0.0842. The summed E-state index contributed by atoms with van der Waals surface area (Å²) in [7, 11) is 0. The second-order valence-electron chi connectivity index (χ2n) is 5.27. The maximum absolute atomic E-state index is 12.1. The van der Waals surface area contributed by atoms with Crippen LogP contribution in [0.25, 0.3) is 11.5 Å². The number of hydrogen-bond acceptors (Lipinski definition) is 6. The molecule has 1 aromatic carbocycles. The molecule has 2 heterocycles. The number of anilines is 1. The molecule has 0 spiro atoms. The normalized spacial score (nSPS) is 16.9. The Hall–Kier alpha value is -2.29. The zero-order valence-corrected chi connectivity index (χ0v) is 11.6. The molecule has 1 aliphatic heterocycles. The Morgan fingerprint density at radius 3 is 2.45 bits per heavy atom. The van der Waals surface area contributed by atoms with Crippen molar-refractivity contribution in [1.29, 1.82) is 0 Å². The summed E-state index contributed by atoms with van der Waals surface area (Å²) in [6.45, 7) is 3.58. The van der Waals surface area contributed by atoms with Crippen LogP contribution < -0.4 is 15.4 Å². The SMILES string of the molecule is CC1(Nc2nnc(-c3ccc(OC(F)(F)F)cc3)o2)CNC1. The minimum Gasteiger partial charge on any atom is -0.406 e. The van der Waals surface area contributed by atoms with E-state index in [-0.39, 0.29) is 23.2 Å². The third-order valence-electron chi connectivity index (χ3n) is 3.20. The molecule has 0 bridgehead atoms. The smallest absolute Gasteiger partial charge is 0.406 e. The molecule has 0 unspecified atom stereocenters. The van der Waals surface area contributed by atoms with Crippen LogP contribution in [0.1, 0.15) is 6.92 Å². The first kappa shape index (κ1) is 14.6. The monoisotopic (exact) mass is 314 g/mol. The Kier molecular flexibility index (Phi) is 3.44.